The number of rotatable bonds is 2. The van der Waals surface area contributed by atoms with Crippen LogP contribution in [0, 0.1) is 0 Å². The molecule has 0 spiro atoms. The van der Waals surface area contributed by atoms with E-state index in [0.717, 1.165) is 0 Å². The van der Waals surface area contributed by atoms with E-state index in [4.69, 9.17) is 34.4 Å². The number of hydrogen-bond donors (Lipinski definition) is 6. The topological polar surface area (TPSA) is 156 Å². The van der Waals surface area contributed by atoms with Crippen LogP contribution < -0.4 is 34.4 Å². The van der Waals surface area contributed by atoms with Gasteiger partial charge in [0.1, 0.15) is 11.6 Å². The zero-order valence-corrected chi connectivity index (χ0v) is 6.96. The molecule has 0 unspecified atom stereocenters. The van der Waals surface area contributed by atoms with Gasteiger partial charge >= 0.3 is 0 Å². The molecule has 0 radical (unpaired) electrons. The zero-order chi connectivity index (χ0) is 9.02. The van der Waals surface area contributed by atoms with Crippen LogP contribution in [0.1, 0.15) is 0 Å². The molecule has 0 saturated carbocycles. The first-order chi connectivity index (χ1) is 4.95. The van der Waals surface area contributed by atoms with Gasteiger partial charge in [0, 0.05) is 0 Å². The van der Waals surface area contributed by atoms with E-state index in [2.05, 4.69) is 0 Å². The lowest BCUT2D eigenvalue weighted by atomic mass is 10.8. The highest BCUT2D eigenvalue weighted by Gasteiger charge is 1.99. The van der Waals surface area contributed by atoms with Crippen LogP contribution in [-0.2, 0) is 0 Å². The van der Waals surface area contributed by atoms with Gasteiger partial charge in [-0.1, -0.05) is 0 Å². The molecule has 0 heterocycles. The second kappa shape index (κ2) is 3.78. The quantitative estimate of drug-likeness (QED) is 0.259. The van der Waals surface area contributed by atoms with Crippen LogP contribution in [-0.4, -0.2) is 0 Å². The summed E-state index contributed by atoms with van der Waals surface area (Å²) in [7, 11) is -0.0448. The Morgan fingerprint density at radius 3 is 1.09 bits per heavy atom. The highest BCUT2D eigenvalue weighted by molar-refractivity contribution is 7.47. The molecule has 12 N–H and O–H groups in total. The Hall–Kier alpha value is -1.29. The molecule has 0 aromatic heterocycles. The fourth-order valence-corrected chi connectivity index (χ4v) is 0.868. The summed E-state index contributed by atoms with van der Waals surface area (Å²) in [5, 5.41) is 0. The van der Waals surface area contributed by atoms with E-state index in [1.165, 1.54) is 0 Å². The lowest BCUT2D eigenvalue weighted by molar-refractivity contribution is 1.18. The van der Waals surface area contributed by atoms with Crippen molar-refractivity contribution in [3.05, 3.63) is 22.5 Å². The van der Waals surface area contributed by atoms with Crippen molar-refractivity contribution in [2.45, 2.75) is 0 Å². The average Bonchev–Trinajstić information content (AvgIpc) is 1.87. The molecule has 0 rings (SSSR count). The molecule has 0 aliphatic carbocycles. The molecule has 11 heavy (non-hydrogen) atoms. The predicted octanol–water partition coefficient (Wildman–Crippen LogP) is -2.33. The van der Waals surface area contributed by atoms with Crippen molar-refractivity contribution < 1.29 is 0 Å². The van der Waals surface area contributed by atoms with E-state index < -0.39 is 0 Å². The molecule has 0 aromatic carbocycles. The second-order valence-electron chi connectivity index (χ2n) is 1.86. The molecule has 7 heteroatoms. The van der Waals surface area contributed by atoms with E-state index in [-0.39, 0.29) is 20.2 Å². The summed E-state index contributed by atoms with van der Waals surface area (Å²) in [6, 6.07) is 0. The third-order valence-corrected chi connectivity index (χ3v) is 2.01. The first-order valence-electron chi connectivity index (χ1n) is 2.73. The molecule has 0 fully saturated rings. The monoisotopic (exact) mass is 176 g/mol. The third kappa shape index (κ3) is 3.42. The molecule has 64 valence electrons. The van der Waals surface area contributed by atoms with Gasteiger partial charge in [0.25, 0.3) is 0 Å². The summed E-state index contributed by atoms with van der Waals surface area (Å²) in [6.45, 7) is 0. The Labute approximate surface area is 66.4 Å². The van der Waals surface area contributed by atoms with Gasteiger partial charge < -0.3 is 34.4 Å². The molecule has 0 amide bonds. The maximum atomic E-state index is 5.37. The summed E-state index contributed by atoms with van der Waals surface area (Å²) >= 11 is 0. The van der Waals surface area contributed by atoms with Gasteiger partial charge in [0.2, 0.25) is 0 Å². The van der Waals surface area contributed by atoms with Gasteiger partial charge in [-0.15, -0.1) is 0 Å². The molecule has 0 aliphatic rings. The lowest BCUT2D eigenvalue weighted by Crippen LogP contribution is -2.18. The Morgan fingerprint density at radius 1 is 0.636 bits per heavy atom. The zero-order valence-electron chi connectivity index (χ0n) is 5.96. The lowest BCUT2D eigenvalue weighted by Gasteiger charge is -2.04. The molecule has 0 aliphatic heterocycles. The van der Waals surface area contributed by atoms with Gasteiger partial charge in [-0.05, 0) is 8.58 Å². The highest BCUT2D eigenvalue weighted by atomic mass is 31.1. The largest absolute Gasteiger partial charge is 0.395 e. The fraction of sp³-hybridized carbons (Fsp3) is 0. The Balaban J connectivity index is 4.30. The Bertz CT molecular complexity index is 177. The second-order valence-corrected chi connectivity index (χ2v) is 3.19. The van der Waals surface area contributed by atoms with Crippen LogP contribution in [0.3, 0.4) is 0 Å². The standard InChI is InChI=1S/C4H13N6P/c5-1(6)3(9)11-4(10)2(7)8/h11H,5-10H2. The van der Waals surface area contributed by atoms with Crippen molar-refractivity contribution in [3.8, 4) is 0 Å². The highest BCUT2D eigenvalue weighted by Crippen LogP contribution is 2.25. The summed E-state index contributed by atoms with van der Waals surface area (Å²) in [5.41, 5.74) is 32.0. The molecule has 0 atom stereocenters. The van der Waals surface area contributed by atoms with Crippen LogP contribution in [0.2, 0.25) is 0 Å². The normalized spacial score (nSPS) is 8.73. The van der Waals surface area contributed by atoms with E-state index in [1.807, 2.05) is 0 Å². The molecule has 0 bridgehead atoms. The van der Waals surface area contributed by atoms with Crippen LogP contribution >= 0.6 is 8.58 Å². The van der Waals surface area contributed by atoms with Crippen LogP contribution in [0.4, 0.5) is 0 Å². The van der Waals surface area contributed by atoms with Crippen molar-refractivity contribution >= 4 is 8.58 Å². The SMILES string of the molecule is NC(N)=C(N)PC(N)=C(N)N. The van der Waals surface area contributed by atoms with Crippen molar-refractivity contribution in [2.24, 2.45) is 34.4 Å². The number of hydrogen-bond acceptors (Lipinski definition) is 6. The van der Waals surface area contributed by atoms with Crippen molar-refractivity contribution in [1.82, 2.24) is 0 Å². The third-order valence-electron chi connectivity index (χ3n) is 0.891. The first-order valence-corrected chi connectivity index (χ1v) is 3.73. The van der Waals surface area contributed by atoms with Crippen molar-refractivity contribution in [1.29, 1.82) is 0 Å². The summed E-state index contributed by atoms with van der Waals surface area (Å²) in [5.74, 6) is 0.0973. The fourth-order valence-electron chi connectivity index (χ4n) is 0.289. The Kier molecular flexibility index (Phi) is 3.33. The van der Waals surface area contributed by atoms with E-state index in [9.17, 15) is 0 Å². The van der Waals surface area contributed by atoms with Gasteiger partial charge in [-0.3, -0.25) is 0 Å². The maximum Gasteiger partial charge on any atom is 0.118 e. The minimum Gasteiger partial charge on any atom is -0.395 e. The maximum absolute atomic E-state index is 5.37. The smallest absolute Gasteiger partial charge is 0.118 e. The van der Waals surface area contributed by atoms with Crippen molar-refractivity contribution in [2.75, 3.05) is 0 Å². The number of nitrogens with two attached hydrogens (primary N) is 6. The van der Waals surface area contributed by atoms with E-state index >= 15 is 0 Å². The van der Waals surface area contributed by atoms with E-state index in [0.29, 0.717) is 10.9 Å². The predicted molar refractivity (Wildman–Crippen MR) is 47.5 cm³/mol. The summed E-state index contributed by atoms with van der Waals surface area (Å²) < 4.78 is 0. The molecule has 0 saturated heterocycles. The average molecular weight is 176 g/mol. The minimum atomic E-state index is -0.0448. The van der Waals surface area contributed by atoms with Crippen LogP contribution in [0.25, 0.3) is 0 Å². The van der Waals surface area contributed by atoms with Gasteiger partial charge in [-0.2, -0.15) is 0 Å². The Morgan fingerprint density at radius 2 is 0.909 bits per heavy atom. The molecular formula is C4H13N6P. The molecule has 0 aromatic rings. The molecular weight excluding hydrogens is 163 g/mol. The summed E-state index contributed by atoms with van der Waals surface area (Å²) in [4.78, 5) is 0. The minimum absolute atomic E-state index is 0.0448. The van der Waals surface area contributed by atoms with Crippen LogP contribution in [0.15, 0.2) is 22.5 Å². The molecule has 6 nitrogen and oxygen atoms in total. The van der Waals surface area contributed by atoms with Gasteiger partial charge in [0.05, 0.1) is 10.9 Å². The van der Waals surface area contributed by atoms with Crippen LogP contribution in [0.5, 0.6) is 0 Å². The van der Waals surface area contributed by atoms with Gasteiger partial charge in [-0.25, -0.2) is 0 Å². The van der Waals surface area contributed by atoms with E-state index in [1.54, 1.807) is 0 Å². The van der Waals surface area contributed by atoms with Gasteiger partial charge in [0.15, 0.2) is 0 Å². The summed E-state index contributed by atoms with van der Waals surface area (Å²) in [6.07, 6.45) is 0. The van der Waals surface area contributed by atoms with Crippen molar-refractivity contribution in [3.63, 3.8) is 0 Å². The first kappa shape index (κ1) is 9.71.